The number of rotatable bonds is 4. The molecule has 0 saturated heterocycles. The summed E-state index contributed by atoms with van der Waals surface area (Å²) in [6.07, 6.45) is 2.30. The Hall–Kier alpha value is -2.55. The van der Waals surface area contributed by atoms with Crippen molar-refractivity contribution in [3.63, 3.8) is 0 Å². The first-order valence-electron chi connectivity index (χ1n) is 10.4. The predicted molar refractivity (Wildman–Crippen MR) is 113 cm³/mol. The lowest BCUT2D eigenvalue weighted by atomic mass is 9.70. The number of hydrogen-bond donors (Lipinski definition) is 0. The van der Waals surface area contributed by atoms with Crippen LogP contribution in [0.15, 0.2) is 65.5 Å². The maximum Gasteiger partial charge on any atom is 0.270 e. The van der Waals surface area contributed by atoms with Crippen molar-refractivity contribution in [2.24, 2.45) is 5.41 Å². The van der Waals surface area contributed by atoms with Crippen LogP contribution in [-0.4, -0.2) is 9.36 Å². The maximum absolute atomic E-state index is 13.6. The summed E-state index contributed by atoms with van der Waals surface area (Å²) in [6, 6.07) is 20.9. The molecule has 2 unspecified atom stereocenters. The van der Waals surface area contributed by atoms with Crippen molar-refractivity contribution in [2.75, 3.05) is 0 Å². The Morgan fingerprint density at radius 2 is 1.39 bits per heavy atom. The smallest absolute Gasteiger partial charge is 0.270 e. The molecule has 3 nitrogen and oxygen atoms in total. The van der Waals surface area contributed by atoms with Gasteiger partial charge in [0.05, 0.1) is 18.8 Å². The first-order chi connectivity index (χ1) is 13.4. The monoisotopic (exact) mass is 372 g/mol. The minimum absolute atomic E-state index is 0.0584. The number of nitrogens with zero attached hydrogens (tertiary/aromatic N) is 2. The van der Waals surface area contributed by atoms with Crippen LogP contribution in [0.5, 0.6) is 0 Å². The normalized spacial score (nSPS) is 24.5. The summed E-state index contributed by atoms with van der Waals surface area (Å²) in [4.78, 5) is 13.6. The third kappa shape index (κ3) is 2.25. The zero-order valence-corrected chi connectivity index (χ0v) is 17.0. The lowest BCUT2D eigenvalue weighted by Gasteiger charge is -2.36. The van der Waals surface area contributed by atoms with Crippen LogP contribution in [0, 0.1) is 5.41 Å². The fourth-order valence-corrected chi connectivity index (χ4v) is 5.77. The van der Waals surface area contributed by atoms with Gasteiger partial charge in [-0.2, -0.15) is 0 Å². The fraction of sp³-hybridized carbons (Fsp3) is 0.400. The van der Waals surface area contributed by atoms with E-state index in [1.165, 1.54) is 23.2 Å². The van der Waals surface area contributed by atoms with Gasteiger partial charge in [0.15, 0.2) is 0 Å². The largest absolute Gasteiger partial charge is 0.281 e. The highest BCUT2D eigenvalue weighted by atomic mass is 16.1. The van der Waals surface area contributed by atoms with Gasteiger partial charge in [-0.3, -0.25) is 9.48 Å². The van der Waals surface area contributed by atoms with Crippen molar-refractivity contribution in [3.8, 4) is 0 Å². The molecule has 0 amide bonds. The summed E-state index contributed by atoms with van der Waals surface area (Å²) < 4.78 is 4.31. The minimum Gasteiger partial charge on any atom is -0.281 e. The van der Waals surface area contributed by atoms with Gasteiger partial charge in [0.1, 0.15) is 0 Å². The lowest BCUT2D eigenvalue weighted by molar-refractivity contribution is 0.214. The molecule has 0 N–H and O–H groups in total. The zero-order chi connectivity index (χ0) is 19.5. The van der Waals surface area contributed by atoms with Gasteiger partial charge in [0.25, 0.3) is 5.56 Å². The van der Waals surface area contributed by atoms with E-state index in [1.54, 1.807) is 0 Å². The second-order valence-corrected chi connectivity index (χ2v) is 9.30. The highest BCUT2D eigenvalue weighted by molar-refractivity contribution is 5.45. The molecule has 1 saturated carbocycles. The Balaban J connectivity index is 1.71. The van der Waals surface area contributed by atoms with E-state index < -0.39 is 0 Å². The highest BCUT2D eigenvalue weighted by Crippen LogP contribution is 2.67. The summed E-state index contributed by atoms with van der Waals surface area (Å²) in [7, 11) is 0. The molecule has 3 heteroatoms. The summed E-state index contributed by atoms with van der Waals surface area (Å²) in [5.41, 5.74) is 5.21. The summed E-state index contributed by atoms with van der Waals surface area (Å²) in [5.74, 6) is 0.374. The van der Waals surface area contributed by atoms with Crippen molar-refractivity contribution in [3.05, 3.63) is 93.4 Å². The molecule has 2 aromatic carbocycles. The second kappa shape index (κ2) is 5.97. The highest BCUT2D eigenvalue weighted by Gasteiger charge is 2.62. The van der Waals surface area contributed by atoms with Crippen molar-refractivity contribution in [1.82, 2.24) is 9.36 Å². The second-order valence-electron chi connectivity index (χ2n) is 9.30. The van der Waals surface area contributed by atoms with Gasteiger partial charge in [-0.1, -0.05) is 81.4 Å². The molecule has 1 fully saturated rings. The molecule has 2 aliphatic carbocycles. The van der Waals surface area contributed by atoms with E-state index in [9.17, 15) is 4.79 Å². The first kappa shape index (κ1) is 17.5. The number of fused-ring (bicyclic) bond motifs is 5. The molecule has 0 spiro atoms. The zero-order valence-electron chi connectivity index (χ0n) is 17.0. The summed E-state index contributed by atoms with van der Waals surface area (Å²) >= 11 is 0. The quantitative estimate of drug-likeness (QED) is 0.638. The number of hydrogen-bond acceptors (Lipinski definition) is 1. The van der Waals surface area contributed by atoms with Gasteiger partial charge in [0, 0.05) is 11.0 Å². The first-order valence-corrected chi connectivity index (χ1v) is 10.4. The molecule has 5 rings (SSSR count). The number of aromatic nitrogens is 2. The van der Waals surface area contributed by atoms with Gasteiger partial charge < -0.3 is 0 Å². The van der Waals surface area contributed by atoms with Crippen LogP contribution in [0.2, 0.25) is 0 Å². The molecule has 2 atom stereocenters. The van der Waals surface area contributed by atoms with Gasteiger partial charge in [-0.15, -0.1) is 0 Å². The number of benzene rings is 2. The minimum atomic E-state index is 0.0584. The van der Waals surface area contributed by atoms with Gasteiger partial charge in [-0.25, -0.2) is 4.68 Å². The molecule has 0 radical (unpaired) electrons. The summed E-state index contributed by atoms with van der Waals surface area (Å²) in [5, 5.41) is 0. The molecule has 144 valence electrons. The molecule has 3 aromatic rings. The topological polar surface area (TPSA) is 26.9 Å². The average Bonchev–Trinajstić information content (AvgIpc) is 3.16. The summed E-state index contributed by atoms with van der Waals surface area (Å²) in [6.45, 7) is 8.48. The van der Waals surface area contributed by atoms with Crippen LogP contribution in [0.3, 0.4) is 0 Å². The van der Waals surface area contributed by atoms with E-state index in [1.807, 2.05) is 28.9 Å². The Morgan fingerprint density at radius 1 is 0.857 bits per heavy atom. The Labute approximate surface area is 166 Å². The van der Waals surface area contributed by atoms with Crippen LogP contribution in [0.4, 0.5) is 0 Å². The Bertz CT molecular complexity index is 1070. The van der Waals surface area contributed by atoms with Gasteiger partial charge >= 0.3 is 0 Å². The molecule has 2 aliphatic rings. The SMILES string of the molecule is CC12CCC(c3c1n(Cc1ccccc1)n(Cc1ccccc1)c3=O)C2(C)C. The van der Waals surface area contributed by atoms with E-state index in [0.29, 0.717) is 12.5 Å². The molecule has 28 heavy (non-hydrogen) atoms. The fourth-order valence-electron chi connectivity index (χ4n) is 5.77. The van der Waals surface area contributed by atoms with E-state index in [2.05, 4.69) is 61.9 Å². The standard InChI is InChI=1S/C25H28N2O/c1-24(2)20-14-15-25(24,3)22-21(20)23(28)27(17-19-12-8-5-9-13-19)26(22)16-18-10-6-4-7-11-18/h4-13,20H,14-17H2,1-3H3. The van der Waals surface area contributed by atoms with E-state index >= 15 is 0 Å². The van der Waals surface area contributed by atoms with E-state index in [4.69, 9.17) is 0 Å². The van der Waals surface area contributed by atoms with Crippen LogP contribution in [0.1, 0.15) is 61.9 Å². The van der Waals surface area contributed by atoms with Crippen molar-refractivity contribution in [1.29, 1.82) is 0 Å². The van der Waals surface area contributed by atoms with Gasteiger partial charge in [0.2, 0.25) is 0 Å². The van der Waals surface area contributed by atoms with Crippen molar-refractivity contribution >= 4 is 0 Å². The molecule has 1 aromatic heterocycles. The molecule has 0 aliphatic heterocycles. The predicted octanol–water partition coefficient (Wildman–Crippen LogP) is 4.92. The third-order valence-corrected chi connectivity index (χ3v) is 7.72. The van der Waals surface area contributed by atoms with Gasteiger partial charge in [-0.05, 0) is 35.3 Å². The van der Waals surface area contributed by atoms with Crippen LogP contribution >= 0.6 is 0 Å². The third-order valence-electron chi connectivity index (χ3n) is 7.72. The maximum atomic E-state index is 13.6. The van der Waals surface area contributed by atoms with E-state index in [-0.39, 0.29) is 16.4 Å². The molecular weight excluding hydrogens is 344 g/mol. The Morgan fingerprint density at radius 3 is 1.96 bits per heavy atom. The molecule has 2 bridgehead atoms. The van der Waals surface area contributed by atoms with Crippen molar-refractivity contribution < 1.29 is 0 Å². The van der Waals surface area contributed by atoms with Crippen molar-refractivity contribution in [2.45, 2.75) is 58.0 Å². The van der Waals surface area contributed by atoms with E-state index in [0.717, 1.165) is 18.5 Å². The molecular formula is C25H28N2O. The Kier molecular flexibility index (Phi) is 3.74. The van der Waals surface area contributed by atoms with Crippen LogP contribution < -0.4 is 5.56 Å². The lowest BCUT2D eigenvalue weighted by Crippen LogP contribution is -2.36. The van der Waals surface area contributed by atoms with Crippen LogP contribution in [-0.2, 0) is 18.5 Å². The van der Waals surface area contributed by atoms with Crippen LogP contribution in [0.25, 0.3) is 0 Å². The molecule has 1 heterocycles. The average molecular weight is 373 g/mol.